The fraction of sp³-hybridized carbons (Fsp3) is 0.0588. The zero-order valence-corrected chi connectivity index (χ0v) is 13.0. The number of furan rings is 1. The quantitative estimate of drug-likeness (QED) is 0.583. The maximum absolute atomic E-state index is 12.1. The Morgan fingerprint density at radius 1 is 1.17 bits per heavy atom. The van der Waals surface area contributed by atoms with Crippen LogP contribution < -0.4 is 14.9 Å². The van der Waals surface area contributed by atoms with Crippen LogP contribution in [0.25, 0.3) is 11.0 Å². The number of nitrogens with one attached hydrogen (secondary N) is 1. The van der Waals surface area contributed by atoms with Crippen LogP contribution in [0.15, 0.2) is 52.0 Å². The lowest BCUT2D eigenvalue weighted by molar-refractivity contribution is 0.0929. The molecule has 4 rings (SSSR count). The first-order chi connectivity index (χ1) is 11.7. The van der Waals surface area contributed by atoms with E-state index in [9.17, 15) is 4.79 Å². The van der Waals surface area contributed by atoms with Crippen molar-refractivity contribution in [1.82, 2.24) is 5.43 Å². The number of para-hydroxylation sites is 1. The van der Waals surface area contributed by atoms with E-state index in [1.165, 1.54) is 6.21 Å². The van der Waals surface area contributed by atoms with Crippen molar-refractivity contribution in [3.8, 4) is 11.5 Å². The molecule has 2 heterocycles. The van der Waals surface area contributed by atoms with Gasteiger partial charge in [-0.1, -0.05) is 29.8 Å². The number of ether oxygens (including phenoxy) is 2. The summed E-state index contributed by atoms with van der Waals surface area (Å²) < 4.78 is 16.0. The van der Waals surface area contributed by atoms with Crippen LogP contribution in [0.3, 0.4) is 0 Å². The van der Waals surface area contributed by atoms with Crippen LogP contribution in [-0.4, -0.2) is 18.9 Å². The molecule has 1 amide bonds. The van der Waals surface area contributed by atoms with Crippen molar-refractivity contribution in [2.75, 3.05) is 6.79 Å². The monoisotopic (exact) mass is 342 g/mol. The van der Waals surface area contributed by atoms with Crippen LogP contribution in [0.5, 0.6) is 11.5 Å². The van der Waals surface area contributed by atoms with Gasteiger partial charge in [0.1, 0.15) is 5.58 Å². The predicted molar refractivity (Wildman–Crippen MR) is 88.8 cm³/mol. The number of carbonyl (C=O) groups excluding carboxylic acids is 1. The molecule has 1 aliphatic heterocycles. The van der Waals surface area contributed by atoms with Crippen molar-refractivity contribution in [2.24, 2.45) is 5.10 Å². The first kappa shape index (κ1) is 14.6. The number of benzene rings is 2. The maximum Gasteiger partial charge on any atom is 0.307 e. The number of rotatable bonds is 3. The average Bonchev–Trinajstić information content (AvgIpc) is 3.20. The summed E-state index contributed by atoms with van der Waals surface area (Å²) in [6.07, 6.45) is 1.44. The predicted octanol–water partition coefficient (Wildman–Crippen LogP) is 3.58. The van der Waals surface area contributed by atoms with Gasteiger partial charge < -0.3 is 13.9 Å². The highest BCUT2D eigenvalue weighted by atomic mass is 35.5. The standard InChI is InChI=1S/C17H11ClN2O4/c18-12-7-15-14(22-9-23-15)6-11(12)8-19-20-17(21)16-5-10-3-1-2-4-13(10)24-16/h1-8H,9H2,(H,20,21)/b19-8+. The minimum Gasteiger partial charge on any atom is -0.454 e. The number of hydrogen-bond acceptors (Lipinski definition) is 5. The minimum absolute atomic E-state index is 0.162. The van der Waals surface area contributed by atoms with E-state index >= 15 is 0 Å². The Balaban J connectivity index is 1.50. The number of halogens is 1. The molecule has 0 radical (unpaired) electrons. The molecule has 1 aromatic heterocycles. The van der Waals surface area contributed by atoms with Crippen molar-refractivity contribution < 1.29 is 18.7 Å². The Bertz CT molecular complexity index is 931. The fourth-order valence-corrected chi connectivity index (χ4v) is 2.54. The van der Waals surface area contributed by atoms with Gasteiger partial charge >= 0.3 is 5.91 Å². The number of hydrazone groups is 1. The van der Waals surface area contributed by atoms with Crippen LogP contribution in [0.4, 0.5) is 0 Å². The molecular weight excluding hydrogens is 332 g/mol. The summed E-state index contributed by atoms with van der Waals surface area (Å²) in [6, 6.07) is 12.4. The van der Waals surface area contributed by atoms with E-state index < -0.39 is 5.91 Å². The second-order valence-electron chi connectivity index (χ2n) is 5.07. The Hall–Kier alpha value is -2.99. The molecule has 0 unspecified atom stereocenters. The maximum atomic E-state index is 12.1. The summed E-state index contributed by atoms with van der Waals surface area (Å²) in [4.78, 5) is 12.1. The van der Waals surface area contributed by atoms with Gasteiger partial charge in [-0.15, -0.1) is 0 Å². The Morgan fingerprint density at radius 2 is 1.96 bits per heavy atom. The van der Waals surface area contributed by atoms with E-state index in [2.05, 4.69) is 10.5 Å². The first-order valence-electron chi connectivity index (χ1n) is 7.12. The molecule has 24 heavy (non-hydrogen) atoms. The molecule has 2 aromatic carbocycles. The van der Waals surface area contributed by atoms with Gasteiger partial charge in [-0.2, -0.15) is 5.10 Å². The number of carbonyl (C=O) groups is 1. The summed E-state index contributed by atoms with van der Waals surface area (Å²) in [7, 11) is 0. The largest absolute Gasteiger partial charge is 0.454 e. The second-order valence-corrected chi connectivity index (χ2v) is 5.48. The molecule has 0 bridgehead atoms. The Labute approximate surface area is 141 Å². The van der Waals surface area contributed by atoms with Crippen LogP contribution >= 0.6 is 11.6 Å². The molecule has 0 aliphatic carbocycles. The highest BCUT2D eigenvalue weighted by molar-refractivity contribution is 6.33. The zero-order valence-electron chi connectivity index (χ0n) is 12.3. The molecule has 0 atom stereocenters. The van der Waals surface area contributed by atoms with Gasteiger partial charge in [0, 0.05) is 17.0 Å². The topological polar surface area (TPSA) is 73.1 Å². The fourth-order valence-electron chi connectivity index (χ4n) is 2.34. The van der Waals surface area contributed by atoms with Crippen molar-refractivity contribution in [1.29, 1.82) is 0 Å². The highest BCUT2D eigenvalue weighted by Gasteiger charge is 2.16. The lowest BCUT2D eigenvalue weighted by Crippen LogP contribution is -2.16. The van der Waals surface area contributed by atoms with Gasteiger partial charge in [-0.05, 0) is 18.2 Å². The number of amides is 1. The van der Waals surface area contributed by atoms with Gasteiger partial charge in [0.05, 0.1) is 11.2 Å². The normalized spacial score (nSPS) is 12.9. The Kier molecular flexibility index (Phi) is 3.59. The van der Waals surface area contributed by atoms with Crippen LogP contribution in [0.1, 0.15) is 16.1 Å². The molecule has 0 saturated heterocycles. The third kappa shape index (κ3) is 2.68. The second kappa shape index (κ2) is 5.90. The number of hydrogen-bond donors (Lipinski definition) is 1. The van der Waals surface area contributed by atoms with Gasteiger partial charge in [0.25, 0.3) is 0 Å². The van der Waals surface area contributed by atoms with Crippen molar-refractivity contribution in [3.05, 3.63) is 58.8 Å². The molecule has 7 heteroatoms. The van der Waals surface area contributed by atoms with E-state index in [0.29, 0.717) is 27.7 Å². The molecule has 3 aromatic rings. The summed E-state index contributed by atoms with van der Waals surface area (Å²) in [6.45, 7) is 0.162. The van der Waals surface area contributed by atoms with E-state index in [-0.39, 0.29) is 12.6 Å². The van der Waals surface area contributed by atoms with Gasteiger partial charge in [-0.25, -0.2) is 5.43 Å². The molecule has 0 saturated carbocycles. The van der Waals surface area contributed by atoms with Crippen molar-refractivity contribution in [2.45, 2.75) is 0 Å². The summed E-state index contributed by atoms with van der Waals surface area (Å²) in [5.41, 5.74) is 3.66. The molecule has 6 nitrogen and oxygen atoms in total. The first-order valence-corrected chi connectivity index (χ1v) is 7.49. The highest BCUT2D eigenvalue weighted by Crippen LogP contribution is 2.36. The zero-order chi connectivity index (χ0) is 16.5. The summed E-state index contributed by atoms with van der Waals surface area (Å²) in [5.74, 6) is 0.914. The van der Waals surface area contributed by atoms with Crippen molar-refractivity contribution >= 4 is 34.7 Å². The third-order valence-corrected chi connectivity index (χ3v) is 3.84. The number of nitrogens with zero attached hydrogens (tertiary/aromatic N) is 1. The number of fused-ring (bicyclic) bond motifs is 2. The molecule has 1 N–H and O–H groups in total. The third-order valence-electron chi connectivity index (χ3n) is 3.51. The molecule has 120 valence electrons. The molecule has 1 aliphatic rings. The van der Waals surface area contributed by atoms with E-state index in [4.69, 9.17) is 25.5 Å². The SMILES string of the molecule is O=C(N/N=C/c1cc2c(cc1Cl)OCO2)c1cc2ccccc2o1. The smallest absolute Gasteiger partial charge is 0.307 e. The Morgan fingerprint density at radius 3 is 2.79 bits per heavy atom. The van der Waals surface area contributed by atoms with Crippen LogP contribution in [0.2, 0.25) is 5.02 Å². The van der Waals surface area contributed by atoms with Gasteiger partial charge in [-0.3, -0.25) is 4.79 Å². The van der Waals surface area contributed by atoms with E-state index in [1.54, 1.807) is 24.3 Å². The van der Waals surface area contributed by atoms with E-state index in [0.717, 1.165) is 5.39 Å². The minimum atomic E-state index is -0.445. The molecule has 0 spiro atoms. The average molecular weight is 343 g/mol. The van der Waals surface area contributed by atoms with Crippen LogP contribution in [0, 0.1) is 0 Å². The van der Waals surface area contributed by atoms with E-state index in [1.807, 2.05) is 18.2 Å². The molecular formula is C17H11ClN2O4. The lowest BCUT2D eigenvalue weighted by atomic mass is 10.2. The molecule has 0 fully saturated rings. The van der Waals surface area contributed by atoms with Crippen LogP contribution in [-0.2, 0) is 0 Å². The summed E-state index contributed by atoms with van der Waals surface area (Å²) >= 11 is 6.14. The van der Waals surface area contributed by atoms with Crippen molar-refractivity contribution in [3.63, 3.8) is 0 Å². The lowest BCUT2D eigenvalue weighted by Gasteiger charge is -2.01. The summed E-state index contributed by atoms with van der Waals surface area (Å²) in [5, 5.41) is 5.21. The van der Waals surface area contributed by atoms with Gasteiger partial charge in [0.15, 0.2) is 17.3 Å². The van der Waals surface area contributed by atoms with Gasteiger partial charge in [0.2, 0.25) is 6.79 Å².